The first-order chi connectivity index (χ1) is 16.1. The summed E-state index contributed by atoms with van der Waals surface area (Å²) >= 11 is 5.95. The molecule has 9 heteroatoms. The van der Waals surface area contributed by atoms with E-state index in [-0.39, 0.29) is 30.4 Å². The van der Waals surface area contributed by atoms with Gasteiger partial charge in [-0.05, 0) is 62.8 Å². The Morgan fingerprint density at radius 3 is 2.71 bits per heavy atom. The number of carbonyl (C=O) groups excluding carboxylic acids is 3. The number of rotatable bonds is 10. The Kier molecular flexibility index (Phi) is 8.56. The molecule has 0 unspecified atom stereocenters. The SMILES string of the molecule is CC1(C)C[C@@H](C[C@@H](C#N)NC(=O)[C@H](CC2CC2)NC(=O)OC/C=C/c2cccc(Cl)c2)C(=O)N1. The van der Waals surface area contributed by atoms with Gasteiger partial charge in [0.25, 0.3) is 0 Å². The fourth-order valence-corrected chi connectivity index (χ4v) is 4.31. The van der Waals surface area contributed by atoms with Crippen molar-refractivity contribution in [3.63, 3.8) is 0 Å². The van der Waals surface area contributed by atoms with Gasteiger partial charge in [-0.15, -0.1) is 0 Å². The van der Waals surface area contributed by atoms with Crippen LogP contribution < -0.4 is 16.0 Å². The fourth-order valence-electron chi connectivity index (χ4n) is 4.11. The van der Waals surface area contributed by atoms with E-state index in [1.54, 1.807) is 24.3 Å². The Balaban J connectivity index is 1.50. The van der Waals surface area contributed by atoms with Gasteiger partial charge < -0.3 is 20.7 Å². The molecule has 34 heavy (non-hydrogen) atoms. The fraction of sp³-hybridized carbons (Fsp3) is 0.520. The molecule has 1 saturated heterocycles. The lowest BCUT2D eigenvalue weighted by atomic mass is 9.92. The number of nitriles is 1. The van der Waals surface area contributed by atoms with Crippen LogP contribution in [0.4, 0.5) is 4.79 Å². The smallest absolute Gasteiger partial charge is 0.408 e. The molecule has 3 N–H and O–H groups in total. The molecular weight excluding hydrogens is 456 g/mol. The highest BCUT2D eigenvalue weighted by Crippen LogP contribution is 2.33. The molecule has 1 aliphatic heterocycles. The van der Waals surface area contributed by atoms with Crippen LogP contribution in [0.5, 0.6) is 0 Å². The summed E-state index contributed by atoms with van der Waals surface area (Å²) in [6, 6.07) is 7.71. The highest BCUT2D eigenvalue weighted by Gasteiger charge is 2.39. The van der Waals surface area contributed by atoms with Crippen molar-refractivity contribution in [2.24, 2.45) is 11.8 Å². The predicted octanol–water partition coefficient (Wildman–Crippen LogP) is 3.56. The average molecular weight is 487 g/mol. The van der Waals surface area contributed by atoms with Gasteiger partial charge in [-0.3, -0.25) is 9.59 Å². The summed E-state index contributed by atoms with van der Waals surface area (Å²) < 4.78 is 5.18. The Morgan fingerprint density at radius 1 is 1.32 bits per heavy atom. The van der Waals surface area contributed by atoms with E-state index in [1.807, 2.05) is 26.0 Å². The molecule has 3 amide bonds. The van der Waals surface area contributed by atoms with Crippen LogP contribution in [-0.4, -0.2) is 42.1 Å². The van der Waals surface area contributed by atoms with Crippen molar-refractivity contribution in [1.82, 2.24) is 16.0 Å². The van der Waals surface area contributed by atoms with Gasteiger partial charge in [-0.25, -0.2) is 4.79 Å². The monoisotopic (exact) mass is 486 g/mol. The minimum absolute atomic E-state index is 0.0313. The van der Waals surface area contributed by atoms with Crippen molar-refractivity contribution in [3.05, 3.63) is 40.9 Å². The van der Waals surface area contributed by atoms with Crippen LogP contribution in [-0.2, 0) is 14.3 Å². The van der Waals surface area contributed by atoms with E-state index in [9.17, 15) is 19.6 Å². The number of hydrogen-bond donors (Lipinski definition) is 3. The van der Waals surface area contributed by atoms with E-state index >= 15 is 0 Å². The standard InChI is InChI=1S/C25H31ClN4O4/c1-25(2)14-18(22(31)30-25)13-20(15-27)28-23(32)21(12-17-8-9-17)29-24(33)34-10-4-6-16-5-3-7-19(26)11-16/h3-7,11,17-18,20-21H,8-10,12-14H2,1-2H3,(H,28,32)(H,29,33)(H,30,31)/b6-4+/t18-,20+,21+/m1/s1. The third kappa shape index (κ3) is 8.07. The molecule has 3 rings (SSSR count). The van der Waals surface area contributed by atoms with Crippen molar-refractivity contribution in [1.29, 1.82) is 5.26 Å². The maximum atomic E-state index is 12.9. The summed E-state index contributed by atoms with van der Waals surface area (Å²) in [5, 5.41) is 18.4. The molecule has 8 nitrogen and oxygen atoms in total. The summed E-state index contributed by atoms with van der Waals surface area (Å²) in [5.74, 6) is -0.532. The molecule has 182 valence electrons. The van der Waals surface area contributed by atoms with Crippen molar-refractivity contribution in [3.8, 4) is 6.07 Å². The number of halogens is 1. The molecule has 0 radical (unpaired) electrons. The van der Waals surface area contributed by atoms with Gasteiger partial charge in [0, 0.05) is 16.5 Å². The minimum atomic E-state index is -0.822. The maximum absolute atomic E-state index is 12.9. The molecule has 2 fully saturated rings. The molecule has 1 aromatic carbocycles. The van der Waals surface area contributed by atoms with Crippen molar-refractivity contribution >= 4 is 35.6 Å². The molecule has 0 spiro atoms. The lowest BCUT2D eigenvalue weighted by Crippen LogP contribution is -2.50. The van der Waals surface area contributed by atoms with Crippen LogP contribution in [0.3, 0.4) is 0 Å². The maximum Gasteiger partial charge on any atom is 0.408 e. The average Bonchev–Trinajstić information content (AvgIpc) is 3.54. The molecule has 0 aromatic heterocycles. The zero-order valence-electron chi connectivity index (χ0n) is 19.5. The number of nitrogens with one attached hydrogen (secondary N) is 3. The topological polar surface area (TPSA) is 120 Å². The number of ether oxygens (including phenoxy) is 1. The number of hydrogen-bond acceptors (Lipinski definition) is 5. The number of benzene rings is 1. The molecular formula is C25H31ClN4O4. The van der Waals surface area contributed by atoms with Gasteiger partial charge in [-0.2, -0.15) is 5.26 Å². The largest absolute Gasteiger partial charge is 0.445 e. The third-order valence-corrected chi connectivity index (χ3v) is 6.16. The van der Waals surface area contributed by atoms with Crippen LogP contribution >= 0.6 is 11.6 Å². The van der Waals surface area contributed by atoms with E-state index in [4.69, 9.17) is 16.3 Å². The van der Waals surface area contributed by atoms with Gasteiger partial charge in [0.1, 0.15) is 18.7 Å². The van der Waals surface area contributed by atoms with Gasteiger partial charge in [0.05, 0.1) is 6.07 Å². The van der Waals surface area contributed by atoms with Crippen LogP contribution in [0.15, 0.2) is 30.3 Å². The zero-order valence-corrected chi connectivity index (χ0v) is 20.2. The minimum Gasteiger partial charge on any atom is -0.445 e. The van der Waals surface area contributed by atoms with E-state index in [2.05, 4.69) is 22.0 Å². The van der Waals surface area contributed by atoms with Crippen molar-refractivity contribution in [2.45, 2.75) is 63.6 Å². The molecule has 2 aliphatic rings. The number of alkyl carbamates (subject to hydrolysis) is 1. The van der Waals surface area contributed by atoms with Gasteiger partial charge >= 0.3 is 6.09 Å². The molecule has 1 heterocycles. The zero-order chi connectivity index (χ0) is 24.7. The number of nitrogens with zero attached hydrogens (tertiary/aromatic N) is 1. The van der Waals surface area contributed by atoms with E-state index < -0.39 is 24.1 Å². The van der Waals surface area contributed by atoms with E-state index in [0.717, 1.165) is 18.4 Å². The van der Waals surface area contributed by atoms with Gasteiger partial charge in [0.15, 0.2) is 0 Å². The first-order valence-corrected chi connectivity index (χ1v) is 11.9. The van der Waals surface area contributed by atoms with Crippen molar-refractivity contribution in [2.75, 3.05) is 6.61 Å². The Labute approximate surface area is 205 Å². The third-order valence-electron chi connectivity index (χ3n) is 5.93. The molecule has 1 aliphatic carbocycles. The predicted molar refractivity (Wildman–Crippen MR) is 129 cm³/mol. The first-order valence-electron chi connectivity index (χ1n) is 11.5. The summed E-state index contributed by atoms with van der Waals surface area (Å²) in [6.45, 7) is 3.88. The quantitative estimate of drug-likeness (QED) is 0.467. The normalized spacial score (nSPS) is 20.8. The second-order valence-electron chi connectivity index (χ2n) is 9.63. The van der Waals surface area contributed by atoms with Gasteiger partial charge in [0.2, 0.25) is 11.8 Å². The van der Waals surface area contributed by atoms with Crippen LogP contribution in [0.25, 0.3) is 6.08 Å². The number of amides is 3. The Bertz CT molecular complexity index is 983. The van der Waals surface area contributed by atoms with Crippen molar-refractivity contribution < 1.29 is 19.1 Å². The summed E-state index contributed by atoms with van der Waals surface area (Å²) in [6.07, 6.45) is 6.07. The Morgan fingerprint density at radius 2 is 2.09 bits per heavy atom. The van der Waals surface area contributed by atoms with Crippen LogP contribution in [0.2, 0.25) is 5.02 Å². The van der Waals surface area contributed by atoms with E-state index in [1.165, 1.54) is 0 Å². The lowest BCUT2D eigenvalue weighted by molar-refractivity contribution is -0.125. The molecule has 3 atom stereocenters. The highest BCUT2D eigenvalue weighted by atomic mass is 35.5. The van der Waals surface area contributed by atoms with Crippen LogP contribution in [0, 0.1) is 23.2 Å². The second kappa shape index (κ2) is 11.4. The number of carbonyl (C=O) groups is 3. The summed E-state index contributed by atoms with van der Waals surface area (Å²) in [7, 11) is 0. The second-order valence-corrected chi connectivity index (χ2v) is 10.1. The molecule has 1 saturated carbocycles. The first kappa shape index (κ1) is 25.6. The summed E-state index contributed by atoms with van der Waals surface area (Å²) in [4.78, 5) is 37.3. The highest BCUT2D eigenvalue weighted by molar-refractivity contribution is 6.30. The molecule has 0 bridgehead atoms. The lowest BCUT2D eigenvalue weighted by Gasteiger charge is -2.21. The van der Waals surface area contributed by atoms with Gasteiger partial charge in [-0.1, -0.05) is 42.7 Å². The Hall–Kier alpha value is -3.05. The van der Waals surface area contributed by atoms with Crippen LogP contribution in [0.1, 0.15) is 51.5 Å². The van der Waals surface area contributed by atoms with E-state index in [0.29, 0.717) is 23.8 Å². The molecule has 1 aromatic rings. The summed E-state index contributed by atoms with van der Waals surface area (Å²) in [5.41, 5.74) is 0.552.